The normalized spacial score (nSPS) is 16.2. The second-order valence-electron chi connectivity index (χ2n) is 5.16. The Balaban J connectivity index is 2.04. The van der Waals surface area contributed by atoms with Crippen molar-refractivity contribution in [1.29, 1.82) is 0 Å². The molecule has 1 aliphatic heterocycles. The fraction of sp³-hybridized carbons (Fsp3) is 0.118. The number of carbonyl (C=O) groups is 1. The van der Waals surface area contributed by atoms with Crippen molar-refractivity contribution in [2.24, 2.45) is 0 Å². The molecule has 130 valence electrons. The summed E-state index contributed by atoms with van der Waals surface area (Å²) in [5, 5.41) is 0.506. The molecule has 0 bridgehead atoms. The molecule has 1 aliphatic rings. The molecular formula is C17H12Cl2O5S. The third-order valence-electron chi connectivity index (χ3n) is 3.43. The van der Waals surface area contributed by atoms with Gasteiger partial charge in [-0.1, -0.05) is 53.5 Å². The zero-order valence-electron chi connectivity index (χ0n) is 12.7. The van der Waals surface area contributed by atoms with E-state index in [1.54, 1.807) is 30.3 Å². The summed E-state index contributed by atoms with van der Waals surface area (Å²) in [6, 6.07) is 12.6. The number of esters is 1. The molecule has 8 heteroatoms. The first-order valence-electron chi connectivity index (χ1n) is 7.21. The summed E-state index contributed by atoms with van der Waals surface area (Å²) in [5.41, 5.74) is 0.358. The molecule has 0 fully saturated rings. The van der Waals surface area contributed by atoms with Gasteiger partial charge in [0.15, 0.2) is 9.84 Å². The van der Waals surface area contributed by atoms with Crippen LogP contribution in [0.4, 0.5) is 0 Å². The van der Waals surface area contributed by atoms with Crippen molar-refractivity contribution < 1.29 is 22.7 Å². The second-order valence-corrected chi connectivity index (χ2v) is 8.05. The first kappa shape index (κ1) is 17.8. The number of rotatable bonds is 3. The fourth-order valence-corrected chi connectivity index (χ4v) is 4.19. The molecule has 0 amide bonds. The summed E-state index contributed by atoms with van der Waals surface area (Å²) in [4.78, 5) is 12.3. The number of sulfone groups is 1. The molecule has 0 spiro atoms. The summed E-state index contributed by atoms with van der Waals surface area (Å²) in [6.07, 6.45) is 0. The van der Waals surface area contributed by atoms with Crippen LogP contribution in [0.15, 0.2) is 54.3 Å². The van der Waals surface area contributed by atoms with E-state index in [-0.39, 0.29) is 33.8 Å². The molecule has 0 unspecified atom stereocenters. The molecule has 0 radical (unpaired) electrons. The van der Waals surface area contributed by atoms with Crippen molar-refractivity contribution in [2.75, 3.05) is 12.4 Å². The predicted octanol–water partition coefficient (Wildman–Crippen LogP) is 3.71. The molecule has 2 aromatic carbocycles. The largest absolute Gasteiger partial charge is 0.485 e. The van der Waals surface area contributed by atoms with Crippen LogP contribution in [0.2, 0.25) is 10.0 Å². The Labute approximate surface area is 154 Å². The molecule has 0 N–H and O–H groups in total. The monoisotopic (exact) mass is 398 g/mol. The van der Waals surface area contributed by atoms with Gasteiger partial charge in [0.2, 0.25) is 5.76 Å². The van der Waals surface area contributed by atoms with Crippen molar-refractivity contribution in [2.45, 2.75) is 0 Å². The van der Waals surface area contributed by atoms with Gasteiger partial charge in [0.1, 0.15) is 17.3 Å². The fourth-order valence-electron chi connectivity index (χ4n) is 2.32. The lowest BCUT2D eigenvalue weighted by Gasteiger charge is -2.20. The van der Waals surface area contributed by atoms with E-state index in [1.807, 2.05) is 0 Å². The summed E-state index contributed by atoms with van der Waals surface area (Å²) in [7, 11) is -3.68. The summed E-state index contributed by atoms with van der Waals surface area (Å²) >= 11 is 11.8. The second kappa shape index (κ2) is 7.07. The van der Waals surface area contributed by atoms with Gasteiger partial charge in [-0.25, -0.2) is 13.2 Å². The van der Waals surface area contributed by atoms with Crippen molar-refractivity contribution in [3.05, 3.63) is 69.9 Å². The highest BCUT2D eigenvalue weighted by atomic mass is 35.5. The Bertz CT molecular complexity index is 952. The summed E-state index contributed by atoms with van der Waals surface area (Å²) < 4.78 is 35.5. The Morgan fingerprint density at radius 2 is 1.80 bits per heavy atom. The van der Waals surface area contributed by atoms with Gasteiger partial charge in [0.25, 0.3) is 0 Å². The Hall–Kier alpha value is -2.02. The van der Waals surface area contributed by atoms with Crippen LogP contribution in [0.1, 0.15) is 5.56 Å². The van der Waals surface area contributed by atoms with E-state index in [0.717, 1.165) is 0 Å². The van der Waals surface area contributed by atoms with Crippen LogP contribution in [0.25, 0.3) is 4.91 Å². The molecular weight excluding hydrogens is 387 g/mol. The lowest BCUT2D eigenvalue weighted by molar-refractivity contribution is -0.133. The Morgan fingerprint density at radius 1 is 1.08 bits per heavy atom. The van der Waals surface area contributed by atoms with E-state index < -0.39 is 15.8 Å². The van der Waals surface area contributed by atoms with Crippen LogP contribution in [-0.2, 0) is 19.4 Å². The van der Waals surface area contributed by atoms with Gasteiger partial charge in [-0.2, -0.15) is 0 Å². The zero-order chi connectivity index (χ0) is 18.0. The van der Waals surface area contributed by atoms with Gasteiger partial charge in [-0.05, 0) is 23.8 Å². The number of carbonyl (C=O) groups excluding carboxylic acids is 1. The van der Waals surface area contributed by atoms with Crippen LogP contribution < -0.4 is 4.74 Å². The van der Waals surface area contributed by atoms with Crippen LogP contribution >= 0.6 is 23.2 Å². The maximum atomic E-state index is 12.5. The highest BCUT2D eigenvalue weighted by Gasteiger charge is 2.34. The maximum absolute atomic E-state index is 12.5. The minimum Gasteiger partial charge on any atom is -0.485 e. The smallest absolute Gasteiger partial charge is 0.380 e. The van der Waals surface area contributed by atoms with Gasteiger partial charge in [0, 0.05) is 5.02 Å². The number of halogens is 2. The summed E-state index contributed by atoms with van der Waals surface area (Å²) in [6.45, 7) is -0.128. The molecule has 0 saturated heterocycles. The third-order valence-corrected chi connectivity index (χ3v) is 5.71. The van der Waals surface area contributed by atoms with Crippen LogP contribution in [0.3, 0.4) is 0 Å². The third kappa shape index (κ3) is 3.81. The van der Waals surface area contributed by atoms with E-state index in [4.69, 9.17) is 32.7 Å². The molecule has 0 aliphatic carbocycles. The maximum Gasteiger partial charge on any atom is 0.380 e. The number of hydrogen-bond acceptors (Lipinski definition) is 5. The molecule has 25 heavy (non-hydrogen) atoms. The van der Waals surface area contributed by atoms with Crippen LogP contribution in [0, 0.1) is 0 Å². The number of hydrogen-bond donors (Lipinski definition) is 0. The first-order chi connectivity index (χ1) is 11.9. The Morgan fingerprint density at radius 3 is 2.48 bits per heavy atom. The average Bonchev–Trinajstić information content (AvgIpc) is 2.57. The zero-order valence-corrected chi connectivity index (χ0v) is 15.1. The molecule has 3 rings (SSSR count). The van der Waals surface area contributed by atoms with E-state index in [2.05, 4.69) is 0 Å². The minimum absolute atomic E-state index is 0.0579. The van der Waals surface area contributed by atoms with Gasteiger partial charge in [-0.3, -0.25) is 0 Å². The minimum atomic E-state index is -3.68. The van der Waals surface area contributed by atoms with Gasteiger partial charge >= 0.3 is 5.97 Å². The molecule has 0 atom stereocenters. The van der Waals surface area contributed by atoms with Crippen LogP contribution in [-0.4, -0.2) is 26.7 Å². The predicted molar refractivity (Wildman–Crippen MR) is 95.2 cm³/mol. The van der Waals surface area contributed by atoms with E-state index in [1.165, 1.54) is 18.2 Å². The van der Waals surface area contributed by atoms with Gasteiger partial charge in [-0.15, -0.1) is 0 Å². The summed E-state index contributed by atoms with van der Waals surface area (Å²) in [5.74, 6) is -1.45. The molecule has 1 heterocycles. The SMILES string of the molecule is O=C(Oc1ccc(Cl)cc1Cl)C1=C(c2ccccc2)S(=O)(=O)CCO1. The lowest BCUT2D eigenvalue weighted by Crippen LogP contribution is -2.27. The van der Waals surface area contributed by atoms with Crippen molar-refractivity contribution in [3.63, 3.8) is 0 Å². The van der Waals surface area contributed by atoms with E-state index in [9.17, 15) is 13.2 Å². The highest BCUT2D eigenvalue weighted by Crippen LogP contribution is 2.32. The van der Waals surface area contributed by atoms with Crippen molar-refractivity contribution >= 4 is 43.9 Å². The first-order valence-corrected chi connectivity index (χ1v) is 9.62. The van der Waals surface area contributed by atoms with Gasteiger partial charge < -0.3 is 9.47 Å². The van der Waals surface area contributed by atoms with E-state index in [0.29, 0.717) is 10.6 Å². The Kier molecular flexibility index (Phi) is 5.03. The topological polar surface area (TPSA) is 69.7 Å². The quantitative estimate of drug-likeness (QED) is 0.581. The number of ether oxygens (including phenoxy) is 2. The lowest BCUT2D eigenvalue weighted by atomic mass is 10.2. The standard InChI is InChI=1S/C17H12Cl2O5S/c18-12-6-7-14(13(19)10-12)24-17(20)15-16(11-4-2-1-3-5-11)25(21,22)9-8-23-15/h1-7,10H,8-9H2. The number of benzene rings is 2. The van der Waals surface area contributed by atoms with Gasteiger partial charge in [0.05, 0.1) is 10.8 Å². The van der Waals surface area contributed by atoms with E-state index >= 15 is 0 Å². The van der Waals surface area contributed by atoms with Crippen molar-refractivity contribution in [3.8, 4) is 5.75 Å². The molecule has 2 aromatic rings. The van der Waals surface area contributed by atoms with Crippen LogP contribution in [0.5, 0.6) is 5.75 Å². The van der Waals surface area contributed by atoms with Crippen molar-refractivity contribution in [1.82, 2.24) is 0 Å². The average molecular weight is 399 g/mol. The molecule has 0 aromatic heterocycles. The molecule has 0 saturated carbocycles. The molecule has 5 nitrogen and oxygen atoms in total. The highest BCUT2D eigenvalue weighted by molar-refractivity contribution is 8.00.